The normalized spacial score (nSPS) is 10.4. The number of ether oxygens (including phenoxy) is 1. The molecule has 0 fully saturated rings. The first-order valence-corrected chi connectivity index (χ1v) is 8.59. The molecular formula is C20H20N4O4. The number of hydrogen-bond donors (Lipinski definition) is 1. The third kappa shape index (κ3) is 4.94. The van der Waals surface area contributed by atoms with Crippen LogP contribution in [-0.4, -0.2) is 42.8 Å². The number of carbonyl (C=O) groups excluding carboxylic acids is 2. The van der Waals surface area contributed by atoms with Crippen LogP contribution in [-0.2, 0) is 16.1 Å². The Morgan fingerprint density at radius 1 is 1.07 bits per heavy atom. The summed E-state index contributed by atoms with van der Waals surface area (Å²) in [6, 6.07) is 14.3. The van der Waals surface area contributed by atoms with Crippen LogP contribution in [0.5, 0.6) is 0 Å². The number of nitrogens with zero attached hydrogens (tertiary/aromatic N) is 3. The second kappa shape index (κ2) is 8.81. The second-order valence-corrected chi connectivity index (χ2v) is 6.23. The van der Waals surface area contributed by atoms with Gasteiger partial charge in [-0.25, -0.2) is 4.79 Å². The number of rotatable bonds is 7. The van der Waals surface area contributed by atoms with Crippen LogP contribution in [0.3, 0.4) is 0 Å². The zero-order valence-electron chi connectivity index (χ0n) is 15.6. The Bertz CT molecular complexity index is 920. The van der Waals surface area contributed by atoms with E-state index in [1.807, 2.05) is 43.3 Å². The highest BCUT2D eigenvalue weighted by Gasteiger charge is 2.11. The molecule has 0 aliphatic rings. The molecule has 8 nitrogen and oxygen atoms in total. The van der Waals surface area contributed by atoms with Crippen LogP contribution in [0.1, 0.15) is 15.9 Å². The van der Waals surface area contributed by atoms with Crippen LogP contribution in [0, 0.1) is 0 Å². The summed E-state index contributed by atoms with van der Waals surface area (Å²) in [4.78, 5) is 26.0. The van der Waals surface area contributed by atoms with Crippen LogP contribution < -0.4 is 10.2 Å². The number of aromatic nitrogens is 2. The Kier molecular flexibility index (Phi) is 6.01. The van der Waals surface area contributed by atoms with Gasteiger partial charge >= 0.3 is 5.97 Å². The number of anilines is 1. The summed E-state index contributed by atoms with van der Waals surface area (Å²) in [6.07, 6.45) is 1.23. The topological polar surface area (TPSA) is 97.6 Å². The van der Waals surface area contributed by atoms with Crippen molar-refractivity contribution in [2.75, 3.05) is 25.6 Å². The Hall–Kier alpha value is -3.68. The van der Waals surface area contributed by atoms with Gasteiger partial charge in [0.25, 0.3) is 5.91 Å². The van der Waals surface area contributed by atoms with E-state index >= 15 is 0 Å². The van der Waals surface area contributed by atoms with Crippen molar-refractivity contribution >= 4 is 17.6 Å². The summed E-state index contributed by atoms with van der Waals surface area (Å²) >= 11 is 0. The van der Waals surface area contributed by atoms with Gasteiger partial charge in [-0.05, 0) is 42.0 Å². The molecule has 2 aromatic carbocycles. The SMILES string of the molecule is CN(C)c1ccc(CNC(=O)COC(=O)c2ccc(-c3nnco3)cc2)cc1. The highest BCUT2D eigenvalue weighted by Crippen LogP contribution is 2.17. The number of esters is 1. The second-order valence-electron chi connectivity index (χ2n) is 6.23. The summed E-state index contributed by atoms with van der Waals surface area (Å²) in [5.41, 5.74) is 3.05. The van der Waals surface area contributed by atoms with Crippen molar-refractivity contribution in [3.63, 3.8) is 0 Å². The predicted octanol–water partition coefficient (Wildman–Crippen LogP) is 2.28. The monoisotopic (exact) mass is 380 g/mol. The van der Waals surface area contributed by atoms with E-state index in [0.29, 0.717) is 23.6 Å². The van der Waals surface area contributed by atoms with E-state index in [0.717, 1.165) is 11.3 Å². The van der Waals surface area contributed by atoms with Gasteiger partial charge < -0.3 is 19.4 Å². The van der Waals surface area contributed by atoms with Crippen LogP contribution in [0.25, 0.3) is 11.5 Å². The van der Waals surface area contributed by atoms with E-state index < -0.39 is 5.97 Å². The average Bonchev–Trinajstić information content (AvgIpc) is 3.25. The van der Waals surface area contributed by atoms with E-state index in [9.17, 15) is 9.59 Å². The molecule has 1 aromatic heterocycles. The van der Waals surface area contributed by atoms with Gasteiger partial charge in [-0.2, -0.15) is 0 Å². The van der Waals surface area contributed by atoms with Crippen LogP contribution >= 0.6 is 0 Å². The Morgan fingerprint density at radius 2 is 1.79 bits per heavy atom. The summed E-state index contributed by atoms with van der Waals surface area (Å²) in [6.45, 7) is 0.0169. The lowest BCUT2D eigenvalue weighted by molar-refractivity contribution is -0.124. The third-order valence-electron chi connectivity index (χ3n) is 4.00. The van der Waals surface area contributed by atoms with Crippen molar-refractivity contribution < 1.29 is 18.7 Å². The number of hydrogen-bond acceptors (Lipinski definition) is 7. The molecule has 8 heteroatoms. The minimum atomic E-state index is -0.581. The molecule has 0 unspecified atom stereocenters. The lowest BCUT2D eigenvalue weighted by atomic mass is 10.1. The minimum Gasteiger partial charge on any atom is -0.452 e. The van der Waals surface area contributed by atoms with E-state index in [1.165, 1.54) is 6.39 Å². The molecule has 28 heavy (non-hydrogen) atoms. The molecule has 0 aliphatic carbocycles. The van der Waals surface area contributed by atoms with Crippen LogP contribution in [0.2, 0.25) is 0 Å². The van der Waals surface area contributed by atoms with Gasteiger partial charge in [0.05, 0.1) is 5.56 Å². The molecule has 0 radical (unpaired) electrons. The molecule has 0 saturated heterocycles. The maximum atomic E-state index is 12.1. The van der Waals surface area contributed by atoms with Gasteiger partial charge in [-0.3, -0.25) is 4.79 Å². The summed E-state index contributed by atoms with van der Waals surface area (Å²) in [5.74, 6) is -0.590. The van der Waals surface area contributed by atoms with Crippen molar-refractivity contribution in [2.45, 2.75) is 6.54 Å². The Morgan fingerprint density at radius 3 is 2.39 bits per heavy atom. The number of nitrogens with one attached hydrogen (secondary N) is 1. The molecule has 0 spiro atoms. The quantitative estimate of drug-likeness (QED) is 0.628. The zero-order chi connectivity index (χ0) is 19.9. The summed E-state index contributed by atoms with van der Waals surface area (Å²) in [7, 11) is 3.92. The van der Waals surface area contributed by atoms with Crippen LogP contribution in [0.15, 0.2) is 59.3 Å². The predicted molar refractivity (Wildman–Crippen MR) is 103 cm³/mol. The van der Waals surface area contributed by atoms with Crippen molar-refractivity contribution in [1.29, 1.82) is 0 Å². The van der Waals surface area contributed by atoms with Gasteiger partial charge in [0, 0.05) is 31.9 Å². The summed E-state index contributed by atoms with van der Waals surface area (Å²) < 4.78 is 10.1. The summed E-state index contributed by atoms with van der Waals surface area (Å²) in [5, 5.41) is 10.1. The fourth-order valence-corrected chi connectivity index (χ4v) is 2.43. The van der Waals surface area contributed by atoms with E-state index in [4.69, 9.17) is 9.15 Å². The van der Waals surface area contributed by atoms with Crippen LogP contribution in [0.4, 0.5) is 5.69 Å². The molecule has 0 atom stereocenters. The van der Waals surface area contributed by atoms with Crippen molar-refractivity contribution in [3.05, 3.63) is 66.1 Å². The van der Waals surface area contributed by atoms with Crippen molar-refractivity contribution in [1.82, 2.24) is 15.5 Å². The largest absolute Gasteiger partial charge is 0.452 e. The fraction of sp³-hybridized carbons (Fsp3) is 0.200. The van der Waals surface area contributed by atoms with E-state index in [-0.39, 0.29) is 12.5 Å². The highest BCUT2D eigenvalue weighted by atomic mass is 16.5. The van der Waals surface area contributed by atoms with E-state index in [2.05, 4.69) is 15.5 Å². The molecule has 1 heterocycles. The molecule has 0 aliphatic heterocycles. The fourth-order valence-electron chi connectivity index (χ4n) is 2.43. The first-order chi connectivity index (χ1) is 13.5. The standard InChI is InChI=1S/C20H20N4O4/c1-24(2)17-9-3-14(4-10-17)11-21-18(25)12-27-20(26)16-7-5-15(6-8-16)19-23-22-13-28-19/h3-10,13H,11-12H2,1-2H3,(H,21,25). The average molecular weight is 380 g/mol. The Balaban J connectivity index is 1.45. The molecule has 0 bridgehead atoms. The van der Waals surface area contributed by atoms with Gasteiger partial charge in [0.1, 0.15) is 0 Å². The maximum Gasteiger partial charge on any atom is 0.338 e. The van der Waals surface area contributed by atoms with Gasteiger partial charge in [-0.15, -0.1) is 10.2 Å². The first kappa shape index (κ1) is 19.1. The number of carbonyl (C=O) groups is 2. The van der Waals surface area contributed by atoms with Gasteiger partial charge in [0.2, 0.25) is 12.3 Å². The molecule has 3 rings (SSSR count). The minimum absolute atomic E-state index is 0.329. The first-order valence-electron chi connectivity index (χ1n) is 8.59. The zero-order valence-corrected chi connectivity index (χ0v) is 15.6. The third-order valence-corrected chi connectivity index (χ3v) is 4.00. The van der Waals surface area contributed by atoms with Gasteiger partial charge in [0.15, 0.2) is 6.61 Å². The molecular weight excluding hydrogens is 360 g/mol. The smallest absolute Gasteiger partial charge is 0.338 e. The molecule has 3 aromatic rings. The lowest BCUT2D eigenvalue weighted by Gasteiger charge is -2.13. The van der Waals surface area contributed by atoms with Crippen molar-refractivity contribution in [2.24, 2.45) is 0 Å². The highest BCUT2D eigenvalue weighted by molar-refractivity contribution is 5.91. The number of benzene rings is 2. The van der Waals surface area contributed by atoms with Gasteiger partial charge in [-0.1, -0.05) is 12.1 Å². The molecule has 144 valence electrons. The maximum absolute atomic E-state index is 12.1. The van der Waals surface area contributed by atoms with E-state index in [1.54, 1.807) is 24.3 Å². The molecule has 1 amide bonds. The lowest BCUT2D eigenvalue weighted by Crippen LogP contribution is -2.28. The number of amides is 1. The van der Waals surface area contributed by atoms with Crippen molar-refractivity contribution in [3.8, 4) is 11.5 Å². The molecule has 1 N–H and O–H groups in total. The Labute approximate surface area is 162 Å². The molecule has 0 saturated carbocycles.